The van der Waals surface area contributed by atoms with E-state index in [9.17, 15) is 4.79 Å². The third kappa shape index (κ3) is 2.84. The first-order valence-corrected chi connectivity index (χ1v) is 8.98. The molecule has 1 fully saturated rings. The molecule has 2 aliphatic rings. The van der Waals surface area contributed by atoms with Crippen LogP contribution >= 0.6 is 0 Å². The molecule has 0 saturated heterocycles. The van der Waals surface area contributed by atoms with Gasteiger partial charge in [0.25, 0.3) is 5.91 Å². The maximum Gasteiger partial charge on any atom is 0.256 e. The van der Waals surface area contributed by atoms with Gasteiger partial charge >= 0.3 is 0 Å². The molecule has 0 aromatic heterocycles. The second-order valence-corrected chi connectivity index (χ2v) is 6.99. The summed E-state index contributed by atoms with van der Waals surface area (Å²) in [6.07, 6.45) is 7.02. The number of ether oxygens (including phenoxy) is 1. The van der Waals surface area contributed by atoms with Crippen LogP contribution in [0.4, 0.5) is 5.69 Å². The first-order valence-electron chi connectivity index (χ1n) is 8.98. The minimum atomic E-state index is -0.0254. The molecule has 1 aliphatic carbocycles. The Labute approximate surface area is 148 Å². The van der Waals surface area contributed by atoms with Crippen LogP contribution in [-0.4, -0.2) is 13.0 Å². The van der Waals surface area contributed by atoms with Crippen LogP contribution in [0.5, 0.6) is 5.75 Å². The average molecular weight is 333 g/mol. The van der Waals surface area contributed by atoms with Crippen molar-refractivity contribution < 1.29 is 9.53 Å². The van der Waals surface area contributed by atoms with Crippen LogP contribution in [-0.2, 0) is 4.79 Å². The van der Waals surface area contributed by atoms with E-state index in [4.69, 9.17) is 4.74 Å². The number of fused-ring (bicyclic) bond motifs is 1. The van der Waals surface area contributed by atoms with Gasteiger partial charge in [0.2, 0.25) is 0 Å². The summed E-state index contributed by atoms with van der Waals surface area (Å²) < 4.78 is 5.58. The lowest BCUT2D eigenvalue weighted by atomic mass is 9.93. The standard InChI is InChI=1S/C22H23NO2/c1-14-6-5-9-19-21(14)18(22(24)23-19)13-15-10-11-20(25-2)17(12-15)16-7-3-4-8-16/h5-6,9-13,16H,3-4,7-8H2,1-2H3,(H,23,24). The van der Waals surface area contributed by atoms with Gasteiger partial charge in [-0.1, -0.05) is 31.0 Å². The molecule has 3 nitrogen and oxygen atoms in total. The molecule has 1 saturated carbocycles. The lowest BCUT2D eigenvalue weighted by Crippen LogP contribution is -2.03. The highest BCUT2D eigenvalue weighted by atomic mass is 16.5. The SMILES string of the molecule is COc1ccc(C=C2C(=O)Nc3cccc(C)c32)cc1C1CCCC1. The zero-order chi connectivity index (χ0) is 17.4. The number of hydrogen-bond acceptors (Lipinski definition) is 2. The molecule has 25 heavy (non-hydrogen) atoms. The molecular formula is C22H23NO2. The van der Waals surface area contributed by atoms with Gasteiger partial charge in [-0.3, -0.25) is 4.79 Å². The Morgan fingerprint density at radius 3 is 2.72 bits per heavy atom. The number of rotatable bonds is 3. The normalized spacial score (nSPS) is 18.5. The van der Waals surface area contributed by atoms with E-state index in [1.807, 2.05) is 43.3 Å². The molecule has 128 valence electrons. The van der Waals surface area contributed by atoms with Crippen molar-refractivity contribution in [1.82, 2.24) is 0 Å². The van der Waals surface area contributed by atoms with Gasteiger partial charge in [0, 0.05) is 16.8 Å². The highest BCUT2D eigenvalue weighted by Crippen LogP contribution is 2.40. The smallest absolute Gasteiger partial charge is 0.256 e. The molecule has 1 aliphatic heterocycles. The van der Waals surface area contributed by atoms with Crippen molar-refractivity contribution in [2.24, 2.45) is 0 Å². The van der Waals surface area contributed by atoms with Gasteiger partial charge in [0.1, 0.15) is 5.75 Å². The topological polar surface area (TPSA) is 38.3 Å². The van der Waals surface area contributed by atoms with E-state index < -0.39 is 0 Å². The molecule has 0 radical (unpaired) electrons. The summed E-state index contributed by atoms with van der Waals surface area (Å²) >= 11 is 0. The molecule has 0 unspecified atom stereocenters. The van der Waals surface area contributed by atoms with Gasteiger partial charge in [0.15, 0.2) is 0 Å². The van der Waals surface area contributed by atoms with Crippen molar-refractivity contribution in [3.8, 4) is 5.75 Å². The Kier molecular flexibility index (Phi) is 4.08. The van der Waals surface area contributed by atoms with Crippen LogP contribution < -0.4 is 10.1 Å². The third-order valence-corrected chi connectivity index (χ3v) is 5.39. The first kappa shape index (κ1) is 15.9. The lowest BCUT2D eigenvalue weighted by Gasteiger charge is -2.15. The Hall–Kier alpha value is -2.55. The summed E-state index contributed by atoms with van der Waals surface area (Å²) in [7, 11) is 1.73. The molecular weight excluding hydrogens is 310 g/mol. The fraction of sp³-hybridized carbons (Fsp3) is 0.318. The van der Waals surface area contributed by atoms with Gasteiger partial charge < -0.3 is 10.1 Å². The Bertz CT molecular complexity index is 860. The molecule has 0 atom stereocenters. The zero-order valence-electron chi connectivity index (χ0n) is 14.8. The number of aryl methyl sites for hydroxylation is 1. The van der Waals surface area contributed by atoms with Gasteiger partial charge in [0.05, 0.1) is 7.11 Å². The van der Waals surface area contributed by atoms with Gasteiger partial charge in [-0.25, -0.2) is 0 Å². The summed E-state index contributed by atoms with van der Waals surface area (Å²) in [6.45, 7) is 2.05. The number of amides is 1. The van der Waals surface area contributed by atoms with E-state index in [-0.39, 0.29) is 5.91 Å². The van der Waals surface area contributed by atoms with Crippen molar-refractivity contribution in [2.45, 2.75) is 38.5 Å². The number of nitrogens with one attached hydrogen (secondary N) is 1. The molecule has 4 rings (SSSR count). The predicted molar refractivity (Wildman–Crippen MR) is 102 cm³/mol. The Morgan fingerprint density at radius 2 is 1.96 bits per heavy atom. The number of methoxy groups -OCH3 is 1. The van der Waals surface area contributed by atoms with E-state index in [2.05, 4.69) is 11.4 Å². The fourth-order valence-corrected chi connectivity index (χ4v) is 4.14. The highest BCUT2D eigenvalue weighted by molar-refractivity contribution is 6.35. The largest absolute Gasteiger partial charge is 0.496 e. The zero-order valence-corrected chi connectivity index (χ0v) is 14.8. The van der Waals surface area contributed by atoms with E-state index in [1.165, 1.54) is 31.2 Å². The maximum atomic E-state index is 12.4. The van der Waals surface area contributed by atoms with E-state index >= 15 is 0 Å². The molecule has 1 N–H and O–H groups in total. The van der Waals surface area contributed by atoms with E-state index in [0.717, 1.165) is 33.7 Å². The predicted octanol–water partition coefficient (Wildman–Crippen LogP) is 5.15. The van der Waals surface area contributed by atoms with Crippen LogP contribution in [0.3, 0.4) is 0 Å². The van der Waals surface area contributed by atoms with Crippen LogP contribution in [0.1, 0.15) is 53.9 Å². The summed E-state index contributed by atoms with van der Waals surface area (Å²) in [6, 6.07) is 12.2. The lowest BCUT2D eigenvalue weighted by molar-refractivity contribution is -0.110. The van der Waals surface area contributed by atoms with Crippen LogP contribution in [0.15, 0.2) is 36.4 Å². The van der Waals surface area contributed by atoms with Crippen molar-refractivity contribution in [3.63, 3.8) is 0 Å². The van der Waals surface area contributed by atoms with Gasteiger partial charge in [-0.15, -0.1) is 0 Å². The highest BCUT2D eigenvalue weighted by Gasteiger charge is 2.26. The monoisotopic (exact) mass is 333 g/mol. The Morgan fingerprint density at radius 1 is 1.16 bits per heavy atom. The first-order chi connectivity index (χ1) is 12.2. The second-order valence-electron chi connectivity index (χ2n) is 6.99. The summed E-state index contributed by atoms with van der Waals surface area (Å²) in [4.78, 5) is 12.4. The molecule has 2 aromatic carbocycles. The molecule has 2 aromatic rings. The fourth-order valence-electron chi connectivity index (χ4n) is 4.14. The Balaban J connectivity index is 1.77. The summed E-state index contributed by atoms with van der Waals surface area (Å²) in [5.74, 6) is 1.50. The average Bonchev–Trinajstić information content (AvgIpc) is 3.24. The molecule has 1 amide bonds. The minimum Gasteiger partial charge on any atom is -0.496 e. The summed E-state index contributed by atoms with van der Waals surface area (Å²) in [5, 5.41) is 2.97. The number of anilines is 1. The number of benzene rings is 2. The molecule has 3 heteroatoms. The number of hydrogen-bond donors (Lipinski definition) is 1. The van der Waals surface area contributed by atoms with Crippen molar-refractivity contribution in [3.05, 3.63) is 58.7 Å². The van der Waals surface area contributed by atoms with Crippen molar-refractivity contribution in [2.75, 3.05) is 12.4 Å². The van der Waals surface area contributed by atoms with Crippen LogP contribution in [0.2, 0.25) is 0 Å². The quantitative estimate of drug-likeness (QED) is 0.789. The van der Waals surface area contributed by atoms with Crippen LogP contribution in [0.25, 0.3) is 11.6 Å². The van der Waals surface area contributed by atoms with Crippen LogP contribution in [0, 0.1) is 6.92 Å². The second kappa shape index (κ2) is 6.40. The minimum absolute atomic E-state index is 0.0254. The van der Waals surface area contributed by atoms with E-state index in [1.54, 1.807) is 7.11 Å². The van der Waals surface area contributed by atoms with Crippen molar-refractivity contribution >= 4 is 23.2 Å². The van der Waals surface area contributed by atoms with E-state index in [0.29, 0.717) is 5.92 Å². The van der Waals surface area contributed by atoms with Gasteiger partial charge in [-0.2, -0.15) is 0 Å². The molecule has 0 bridgehead atoms. The van der Waals surface area contributed by atoms with Crippen molar-refractivity contribution in [1.29, 1.82) is 0 Å². The molecule has 1 heterocycles. The molecule has 0 spiro atoms. The maximum absolute atomic E-state index is 12.4. The van der Waals surface area contributed by atoms with Gasteiger partial charge in [-0.05, 0) is 66.6 Å². The summed E-state index contributed by atoms with van der Waals surface area (Å²) in [5.41, 5.74) is 6.12. The number of carbonyl (C=O) groups excluding carboxylic acids is 1. The number of carbonyl (C=O) groups is 1. The third-order valence-electron chi connectivity index (χ3n) is 5.39.